The molecule has 1 saturated heterocycles. The summed E-state index contributed by atoms with van der Waals surface area (Å²) in [6, 6.07) is 10.2. The third-order valence-corrected chi connectivity index (χ3v) is 5.88. The first-order chi connectivity index (χ1) is 11.6. The fraction of sp³-hybridized carbons (Fsp3) is 0.353. The van der Waals surface area contributed by atoms with E-state index in [1.807, 2.05) is 0 Å². The number of rotatable bonds is 5. The summed E-state index contributed by atoms with van der Waals surface area (Å²) in [6.45, 7) is 0.805. The number of methoxy groups -OCH3 is 1. The van der Waals surface area contributed by atoms with Crippen LogP contribution < -0.4 is 9.47 Å². The van der Waals surface area contributed by atoms with Crippen molar-refractivity contribution in [3.05, 3.63) is 48.8 Å². The number of ether oxygens (including phenoxy) is 2. The highest BCUT2D eigenvalue weighted by atomic mass is 32.2. The second-order valence-corrected chi connectivity index (χ2v) is 7.49. The zero-order chi connectivity index (χ0) is 17.0. The van der Waals surface area contributed by atoms with Crippen molar-refractivity contribution < 1.29 is 17.9 Å². The molecule has 2 aromatic rings. The second-order valence-electron chi connectivity index (χ2n) is 5.58. The number of hydrogen-bond donors (Lipinski definition) is 0. The number of para-hydroxylation sites is 1. The van der Waals surface area contributed by atoms with Gasteiger partial charge in [0.2, 0.25) is 10.0 Å². The van der Waals surface area contributed by atoms with Crippen molar-refractivity contribution in [3.8, 4) is 11.5 Å². The summed E-state index contributed by atoms with van der Waals surface area (Å²) >= 11 is 0. The molecule has 0 bridgehead atoms. The quantitative estimate of drug-likeness (QED) is 0.829. The van der Waals surface area contributed by atoms with Crippen molar-refractivity contribution >= 4 is 10.0 Å². The molecule has 7 heteroatoms. The van der Waals surface area contributed by atoms with Crippen LogP contribution in [0.3, 0.4) is 0 Å². The van der Waals surface area contributed by atoms with Crippen LogP contribution in [0, 0.1) is 0 Å². The fourth-order valence-corrected chi connectivity index (χ4v) is 4.47. The maximum absolute atomic E-state index is 12.9. The van der Waals surface area contributed by atoms with Gasteiger partial charge in [-0.05, 0) is 37.1 Å². The molecule has 0 amide bonds. The van der Waals surface area contributed by atoms with Crippen molar-refractivity contribution in [2.24, 2.45) is 0 Å². The van der Waals surface area contributed by atoms with Gasteiger partial charge >= 0.3 is 0 Å². The van der Waals surface area contributed by atoms with Crippen LogP contribution in [0.25, 0.3) is 0 Å². The SMILES string of the molecule is COc1ccccc1S(=O)(=O)N1CCCC(Oc2ccncc2)C1. The molecule has 1 aliphatic heterocycles. The lowest BCUT2D eigenvalue weighted by Gasteiger charge is -2.32. The molecular formula is C17H20N2O4S. The Morgan fingerprint density at radius 1 is 1.17 bits per heavy atom. The van der Waals surface area contributed by atoms with Gasteiger partial charge in [-0.25, -0.2) is 8.42 Å². The smallest absolute Gasteiger partial charge is 0.246 e. The Morgan fingerprint density at radius 3 is 2.67 bits per heavy atom. The van der Waals surface area contributed by atoms with E-state index in [1.165, 1.54) is 11.4 Å². The summed E-state index contributed by atoms with van der Waals surface area (Å²) in [5.41, 5.74) is 0. The monoisotopic (exact) mass is 348 g/mol. The Balaban J connectivity index is 1.78. The van der Waals surface area contributed by atoms with Crippen LogP contribution in [-0.4, -0.2) is 44.0 Å². The summed E-state index contributed by atoms with van der Waals surface area (Å²) in [5, 5.41) is 0. The summed E-state index contributed by atoms with van der Waals surface area (Å²) in [6.07, 6.45) is 4.71. The third-order valence-electron chi connectivity index (χ3n) is 3.98. The molecule has 0 aliphatic carbocycles. The summed E-state index contributed by atoms with van der Waals surface area (Å²) in [4.78, 5) is 4.14. The number of nitrogens with zero attached hydrogens (tertiary/aromatic N) is 2. The third kappa shape index (κ3) is 3.52. The lowest BCUT2D eigenvalue weighted by Crippen LogP contribution is -2.44. The van der Waals surface area contributed by atoms with Crippen LogP contribution in [0.2, 0.25) is 0 Å². The molecule has 1 aliphatic rings. The molecule has 1 unspecified atom stereocenters. The minimum atomic E-state index is -3.61. The number of hydrogen-bond acceptors (Lipinski definition) is 5. The maximum atomic E-state index is 12.9. The van der Waals surface area contributed by atoms with E-state index in [0.29, 0.717) is 24.6 Å². The zero-order valence-corrected chi connectivity index (χ0v) is 14.3. The van der Waals surface area contributed by atoms with Crippen LogP contribution in [0.1, 0.15) is 12.8 Å². The van der Waals surface area contributed by atoms with Crippen molar-refractivity contribution in [1.29, 1.82) is 0 Å². The van der Waals surface area contributed by atoms with Crippen molar-refractivity contribution in [3.63, 3.8) is 0 Å². The molecule has 3 rings (SSSR count). The van der Waals surface area contributed by atoms with E-state index in [1.54, 1.807) is 48.8 Å². The maximum Gasteiger partial charge on any atom is 0.246 e. The van der Waals surface area contributed by atoms with Crippen LogP contribution in [0.4, 0.5) is 0 Å². The molecule has 1 atom stereocenters. The predicted octanol–water partition coefficient (Wildman–Crippen LogP) is 2.32. The van der Waals surface area contributed by atoms with Crippen molar-refractivity contribution in [2.75, 3.05) is 20.2 Å². The Hall–Kier alpha value is -2.12. The van der Waals surface area contributed by atoms with E-state index in [0.717, 1.165) is 12.8 Å². The van der Waals surface area contributed by atoms with Crippen molar-refractivity contribution in [2.45, 2.75) is 23.8 Å². The average Bonchev–Trinajstić information content (AvgIpc) is 2.63. The van der Waals surface area contributed by atoms with E-state index in [-0.39, 0.29) is 11.0 Å². The van der Waals surface area contributed by atoms with Gasteiger partial charge in [-0.15, -0.1) is 0 Å². The van der Waals surface area contributed by atoms with Gasteiger partial charge in [0.25, 0.3) is 0 Å². The highest BCUT2D eigenvalue weighted by Crippen LogP contribution is 2.29. The highest BCUT2D eigenvalue weighted by molar-refractivity contribution is 7.89. The first-order valence-electron chi connectivity index (χ1n) is 7.81. The number of benzene rings is 1. The van der Waals surface area contributed by atoms with Crippen molar-refractivity contribution in [1.82, 2.24) is 9.29 Å². The second kappa shape index (κ2) is 7.19. The van der Waals surface area contributed by atoms with Gasteiger partial charge in [-0.1, -0.05) is 12.1 Å². The van der Waals surface area contributed by atoms with Gasteiger partial charge in [0, 0.05) is 18.9 Å². The fourth-order valence-electron chi connectivity index (χ4n) is 2.80. The minimum absolute atomic E-state index is 0.175. The first kappa shape index (κ1) is 16.7. The average molecular weight is 348 g/mol. The van der Waals surface area contributed by atoms with E-state index in [2.05, 4.69) is 4.98 Å². The minimum Gasteiger partial charge on any atom is -0.495 e. The molecule has 6 nitrogen and oxygen atoms in total. The predicted molar refractivity (Wildman–Crippen MR) is 89.6 cm³/mol. The molecule has 0 spiro atoms. The van der Waals surface area contributed by atoms with E-state index in [4.69, 9.17) is 9.47 Å². The van der Waals surface area contributed by atoms with Gasteiger partial charge in [-0.2, -0.15) is 4.31 Å². The Morgan fingerprint density at radius 2 is 1.92 bits per heavy atom. The molecule has 1 aromatic carbocycles. The van der Waals surface area contributed by atoms with E-state index in [9.17, 15) is 8.42 Å². The molecule has 24 heavy (non-hydrogen) atoms. The Bertz CT molecular complexity index is 780. The zero-order valence-electron chi connectivity index (χ0n) is 13.5. The van der Waals surface area contributed by atoms with Gasteiger partial charge in [-0.3, -0.25) is 4.98 Å². The molecule has 1 fully saturated rings. The number of sulfonamides is 1. The first-order valence-corrected chi connectivity index (χ1v) is 9.25. The Labute approximate surface area is 142 Å². The lowest BCUT2D eigenvalue weighted by atomic mass is 10.1. The van der Waals surface area contributed by atoms with Crippen LogP contribution >= 0.6 is 0 Å². The largest absolute Gasteiger partial charge is 0.495 e. The highest BCUT2D eigenvalue weighted by Gasteiger charge is 2.32. The Kier molecular flexibility index (Phi) is 5.01. The molecule has 2 heterocycles. The van der Waals surface area contributed by atoms with E-state index < -0.39 is 10.0 Å². The molecule has 128 valence electrons. The topological polar surface area (TPSA) is 68.7 Å². The molecule has 0 saturated carbocycles. The summed E-state index contributed by atoms with van der Waals surface area (Å²) in [7, 11) is -2.14. The van der Waals surface area contributed by atoms with Gasteiger partial charge in [0.15, 0.2) is 0 Å². The molecule has 1 aromatic heterocycles. The number of aromatic nitrogens is 1. The standard InChI is InChI=1S/C17H20N2O4S/c1-22-16-6-2-3-7-17(16)24(20,21)19-12-4-5-15(13-19)23-14-8-10-18-11-9-14/h2-3,6-11,15H,4-5,12-13H2,1H3. The molecular weight excluding hydrogens is 328 g/mol. The number of piperidine rings is 1. The normalized spacial score (nSPS) is 19.0. The van der Waals surface area contributed by atoms with Gasteiger partial charge in [0.1, 0.15) is 22.5 Å². The van der Waals surface area contributed by atoms with Gasteiger partial charge in [0.05, 0.1) is 13.7 Å². The van der Waals surface area contributed by atoms with Gasteiger partial charge < -0.3 is 9.47 Å². The van der Waals surface area contributed by atoms with Crippen LogP contribution in [0.5, 0.6) is 11.5 Å². The van der Waals surface area contributed by atoms with E-state index >= 15 is 0 Å². The summed E-state index contributed by atoms with van der Waals surface area (Å²) < 4.78 is 38.5. The lowest BCUT2D eigenvalue weighted by molar-refractivity contribution is 0.129. The number of pyridine rings is 1. The molecule has 0 N–H and O–H groups in total. The van der Waals surface area contributed by atoms with Crippen LogP contribution in [0.15, 0.2) is 53.7 Å². The summed E-state index contributed by atoms with van der Waals surface area (Å²) in [5.74, 6) is 1.06. The molecule has 0 radical (unpaired) electrons. The van der Waals surface area contributed by atoms with Crippen LogP contribution in [-0.2, 0) is 10.0 Å².